The maximum atomic E-state index is 12.8. The Kier molecular flexibility index (Phi) is 5.28. The largest absolute Gasteiger partial charge is 0.484 e. The minimum Gasteiger partial charge on any atom is -0.484 e. The molecule has 0 spiro atoms. The molecule has 0 radical (unpaired) electrons. The zero-order valence-electron chi connectivity index (χ0n) is 14.0. The van der Waals surface area contributed by atoms with E-state index in [0.29, 0.717) is 17.0 Å². The van der Waals surface area contributed by atoms with Crippen molar-refractivity contribution >= 4 is 46.8 Å². The molecule has 3 amide bonds. The molecule has 1 saturated heterocycles. The van der Waals surface area contributed by atoms with E-state index in [-0.39, 0.29) is 17.3 Å². The maximum Gasteiger partial charge on any atom is 0.270 e. The third kappa shape index (κ3) is 4.18. The van der Waals surface area contributed by atoms with Crippen molar-refractivity contribution in [3.05, 3.63) is 65.7 Å². The molecule has 0 saturated carbocycles. The highest BCUT2D eigenvalue weighted by Gasteiger charge is 2.34. The number of carbonyl (C=O) groups excluding carboxylic acids is 3. The molecule has 136 valence electrons. The van der Waals surface area contributed by atoms with Crippen LogP contribution in [0.25, 0.3) is 6.08 Å². The lowest BCUT2D eigenvalue weighted by molar-refractivity contribution is -0.122. The van der Waals surface area contributed by atoms with Crippen LogP contribution >= 0.6 is 12.2 Å². The average molecular weight is 381 g/mol. The second-order valence-corrected chi connectivity index (χ2v) is 6.00. The van der Waals surface area contributed by atoms with Gasteiger partial charge in [-0.05, 0) is 48.1 Å². The zero-order valence-corrected chi connectivity index (χ0v) is 14.9. The van der Waals surface area contributed by atoms with Crippen molar-refractivity contribution in [3.8, 4) is 5.75 Å². The van der Waals surface area contributed by atoms with E-state index in [4.69, 9.17) is 22.7 Å². The Hall–Kier alpha value is -3.52. The van der Waals surface area contributed by atoms with Gasteiger partial charge in [-0.3, -0.25) is 24.6 Å². The van der Waals surface area contributed by atoms with E-state index >= 15 is 0 Å². The first-order chi connectivity index (χ1) is 13.0. The molecule has 3 rings (SSSR count). The molecule has 0 bridgehead atoms. The number of amides is 3. The Morgan fingerprint density at radius 3 is 2.41 bits per heavy atom. The first kappa shape index (κ1) is 18.3. The number of hydrogen-bond donors (Lipinski definition) is 2. The van der Waals surface area contributed by atoms with Gasteiger partial charge in [0.25, 0.3) is 17.7 Å². The minimum absolute atomic E-state index is 0.0311. The highest BCUT2D eigenvalue weighted by atomic mass is 32.1. The van der Waals surface area contributed by atoms with E-state index in [9.17, 15) is 14.4 Å². The molecule has 1 aliphatic heterocycles. The number of hydrogen-bond acceptors (Lipinski definition) is 5. The number of rotatable bonds is 5. The van der Waals surface area contributed by atoms with Gasteiger partial charge in [-0.15, -0.1) is 0 Å². The smallest absolute Gasteiger partial charge is 0.270 e. The summed E-state index contributed by atoms with van der Waals surface area (Å²) in [6.45, 7) is -0.231. The van der Waals surface area contributed by atoms with Gasteiger partial charge in [0.15, 0.2) is 11.7 Å². The normalized spacial score (nSPS) is 15.6. The van der Waals surface area contributed by atoms with Crippen molar-refractivity contribution in [2.24, 2.45) is 5.73 Å². The summed E-state index contributed by atoms with van der Waals surface area (Å²) in [5.41, 5.74) is 6.16. The van der Waals surface area contributed by atoms with Crippen molar-refractivity contribution in [2.45, 2.75) is 0 Å². The molecule has 0 aliphatic carbocycles. The molecule has 7 nitrogen and oxygen atoms in total. The number of thiocarbonyl (C=S) groups is 1. The van der Waals surface area contributed by atoms with Gasteiger partial charge in [-0.1, -0.05) is 30.3 Å². The summed E-state index contributed by atoms with van der Waals surface area (Å²) in [4.78, 5) is 37.1. The first-order valence-corrected chi connectivity index (χ1v) is 8.34. The van der Waals surface area contributed by atoms with Crippen LogP contribution in [0, 0.1) is 0 Å². The van der Waals surface area contributed by atoms with Gasteiger partial charge < -0.3 is 10.5 Å². The summed E-state index contributed by atoms with van der Waals surface area (Å²) >= 11 is 5.14. The average Bonchev–Trinajstić information content (AvgIpc) is 2.65. The third-order valence-corrected chi connectivity index (χ3v) is 3.97. The van der Waals surface area contributed by atoms with Crippen LogP contribution in [0.1, 0.15) is 5.56 Å². The van der Waals surface area contributed by atoms with E-state index in [0.717, 1.165) is 0 Å². The predicted octanol–water partition coefficient (Wildman–Crippen LogP) is 1.38. The van der Waals surface area contributed by atoms with Crippen LogP contribution < -0.4 is 20.7 Å². The second kappa shape index (κ2) is 7.79. The SMILES string of the molecule is NC(=O)COc1ccc(/C=C2\C(=O)NC(=S)N(c3ccccc3)C2=O)cc1. The lowest BCUT2D eigenvalue weighted by atomic mass is 10.1. The lowest BCUT2D eigenvalue weighted by Gasteiger charge is -2.28. The molecular weight excluding hydrogens is 366 g/mol. The summed E-state index contributed by atoms with van der Waals surface area (Å²) < 4.78 is 5.18. The number of benzene rings is 2. The number of para-hydroxylation sites is 1. The number of nitrogens with two attached hydrogens (primary N) is 1. The quantitative estimate of drug-likeness (QED) is 0.463. The summed E-state index contributed by atoms with van der Waals surface area (Å²) in [7, 11) is 0. The van der Waals surface area contributed by atoms with Gasteiger partial charge in [0, 0.05) is 0 Å². The molecule has 2 aromatic carbocycles. The summed E-state index contributed by atoms with van der Waals surface area (Å²) in [5, 5.41) is 2.56. The number of ether oxygens (including phenoxy) is 1. The Bertz CT molecular complexity index is 939. The van der Waals surface area contributed by atoms with Crippen molar-refractivity contribution in [3.63, 3.8) is 0 Å². The van der Waals surface area contributed by atoms with Crippen molar-refractivity contribution in [1.82, 2.24) is 5.32 Å². The summed E-state index contributed by atoms with van der Waals surface area (Å²) in [6.07, 6.45) is 1.47. The maximum absolute atomic E-state index is 12.8. The fourth-order valence-corrected chi connectivity index (χ4v) is 2.73. The second-order valence-electron chi connectivity index (χ2n) is 5.62. The van der Waals surface area contributed by atoms with Crippen molar-refractivity contribution < 1.29 is 19.1 Å². The number of primary amides is 1. The zero-order chi connectivity index (χ0) is 19.4. The van der Waals surface area contributed by atoms with E-state index in [1.807, 2.05) is 6.07 Å². The molecule has 1 fully saturated rings. The van der Waals surface area contributed by atoms with Gasteiger partial charge in [0.2, 0.25) is 0 Å². The Morgan fingerprint density at radius 1 is 1.11 bits per heavy atom. The number of anilines is 1. The van der Waals surface area contributed by atoms with Gasteiger partial charge in [-0.2, -0.15) is 0 Å². The van der Waals surface area contributed by atoms with E-state index in [2.05, 4.69) is 5.32 Å². The highest BCUT2D eigenvalue weighted by Crippen LogP contribution is 2.22. The molecular formula is C19H15N3O4S. The van der Waals surface area contributed by atoms with Crippen LogP contribution in [-0.2, 0) is 14.4 Å². The fraction of sp³-hybridized carbons (Fsp3) is 0.0526. The van der Waals surface area contributed by atoms with Gasteiger partial charge in [0.05, 0.1) is 5.69 Å². The van der Waals surface area contributed by atoms with E-state index in [1.54, 1.807) is 48.5 Å². The van der Waals surface area contributed by atoms with Crippen molar-refractivity contribution in [1.29, 1.82) is 0 Å². The Balaban J connectivity index is 1.86. The molecule has 0 aromatic heterocycles. The summed E-state index contributed by atoms with van der Waals surface area (Å²) in [5.74, 6) is -1.21. The predicted molar refractivity (Wildman–Crippen MR) is 104 cm³/mol. The Morgan fingerprint density at radius 2 is 1.78 bits per heavy atom. The number of carbonyl (C=O) groups is 3. The Labute approximate surface area is 160 Å². The van der Waals surface area contributed by atoms with Gasteiger partial charge in [0.1, 0.15) is 11.3 Å². The number of nitrogens with one attached hydrogen (secondary N) is 1. The molecule has 2 aromatic rings. The molecule has 27 heavy (non-hydrogen) atoms. The van der Waals surface area contributed by atoms with Gasteiger partial charge in [-0.25, -0.2) is 0 Å². The molecule has 1 aliphatic rings. The monoisotopic (exact) mass is 381 g/mol. The number of nitrogens with zero attached hydrogens (tertiary/aromatic N) is 1. The first-order valence-electron chi connectivity index (χ1n) is 7.93. The molecule has 0 unspecified atom stereocenters. The standard InChI is InChI=1S/C19H15N3O4S/c20-16(23)11-26-14-8-6-12(7-9-14)10-15-17(24)21-19(27)22(18(15)25)13-4-2-1-3-5-13/h1-10H,11H2,(H2,20,23)(H,21,24,27)/b15-10+. The van der Waals surface area contributed by atoms with Crippen LogP contribution in [0.2, 0.25) is 0 Å². The van der Waals surface area contributed by atoms with Crippen LogP contribution in [-0.4, -0.2) is 29.4 Å². The lowest BCUT2D eigenvalue weighted by Crippen LogP contribution is -2.54. The van der Waals surface area contributed by atoms with Crippen LogP contribution in [0.5, 0.6) is 5.75 Å². The fourth-order valence-electron chi connectivity index (χ4n) is 2.45. The summed E-state index contributed by atoms with van der Waals surface area (Å²) in [6, 6.07) is 15.4. The topological polar surface area (TPSA) is 102 Å². The molecule has 8 heteroatoms. The molecule has 0 atom stereocenters. The van der Waals surface area contributed by atoms with E-state index < -0.39 is 17.7 Å². The minimum atomic E-state index is -0.581. The molecule has 3 N–H and O–H groups in total. The van der Waals surface area contributed by atoms with Crippen LogP contribution in [0.15, 0.2) is 60.2 Å². The van der Waals surface area contributed by atoms with Crippen molar-refractivity contribution in [2.75, 3.05) is 11.5 Å². The van der Waals surface area contributed by atoms with E-state index in [1.165, 1.54) is 11.0 Å². The molecule has 1 heterocycles. The third-order valence-electron chi connectivity index (χ3n) is 3.69. The van der Waals surface area contributed by atoms with Crippen LogP contribution in [0.3, 0.4) is 0 Å². The highest BCUT2D eigenvalue weighted by molar-refractivity contribution is 7.80. The van der Waals surface area contributed by atoms with Crippen LogP contribution in [0.4, 0.5) is 5.69 Å². The van der Waals surface area contributed by atoms with Gasteiger partial charge >= 0.3 is 0 Å².